The molecule has 2 rings (SSSR count). The van der Waals surface area contributed by atoms with Crippen molar-refractivity contribution >= 4 is 35.1 Å². The topological polar surface area (TPSA) is 69.6 Å². The van der Waals surface area contributed by atoms with Crippen molar-refractivity contribution in [2.24, 2.45) is 0 Å². The van der Waals surface area contributed by atoms with E-state index in [0.717, 1.165) is 17.7 Å². The van der Waals surface area contributed by atoms with Crippen LogP contribution in [0.2, 0.25) is 0 Å². The highest BCUT2D eigenvalue weighted by Crippen LogP contribution is 2.26. The lowest BCUT2D eigenvalue weighted by molar-refractivity contribution is -0.140. The first-order valence-electron chi connectivity index (χ1n) is 6.54. The summed E-state index contributed by atoms with van der Waals surface area (Å²) in [6.45, 7) is 2.07. The maximum absolute atomic E-state index is 12.3. The van der Waals surface area contributed by atoms with Crippen LogP contribution in [0.5, 0.6) is 0 Å². The van der Waals surface area contributed by atoms with Gasteiger partial charge in [0.05, 0.1) is 11.9 Å². The number of carbonyl (C=O) groups excluding carboxylic acids is 1. The van der Waals surface area contributed by atoms with E-state index in [-0.39, 0.29) is 12.1 Å². The Balaban J connectivity index is 2.03. The molecule has 0 spiro atoms. The lowest BCUT2D eigenvalue weighted by Crippen LogP contribution is -2.47. The van der Waals surface area contributed by atoms with Gasteiger partial charge in [0.2, 0.25) is 0 Å². The Kier molecular flexibility index (Phi) is 5.31. The molecule has 1 aliphatic heterocycles. The minimum Gasteiger partial charge on any atom is -0.480 e. The third kappa shape index (κ3) is 3.46. The second-order valence-corrected chi connectivity index (χ2v) is 6.61. The average Bonchev–Trinajstić information content (AvgIpc) is 3.09. The Morgan fingerprint density at radius 1 is 1.60 bits per heavy atom. The predicted octanol–water partition coefficient (Wildman–Crippen LogP) is 2.76. The van der Waals surface area contributed by atoms with Crippen molar-refractivity contribution in [1.29, 1.82) is 0 Å². The zero-order valence-corrected chi connectivity index (χ0v) is 12.9. The summed E-state index contributed by atoms with van der Waals surface area (Å²) in [6, 6.07) is 2.92. The predicted molar refractivity (Wildman–Crippen MR) is 81.1 cm³/mol. The summed E-state index contributed by atoms with van der Waals surface area (Å²) in [6.07, 6.45) is 1.81. The molecule has 1 fully saturated rings. The first-order valence-corrected chi connectivity index (χ1v) is 8.58. The van der Waals surface area contributed by atoms with Crippen LogP contribution in [0.4, 0.5) is 4.79 Å². The molecule has 0 bridgehead atoms. The number of thioether (sulfide) groups is 1. The molecule has 2 heterocycles. The monoisotopic (exact) mass is 314 g/mol. The highest BCUT2D eigenvalue weighted by Gasteiger charge is 2.35. The number of carboxylic acid groups (broad SMARTS) is 1. The van der Waals surface area contributed by atoms with Gasteiger partial charge in [-0.15, -0.1) is 23.1 Å². The number of rotatable bonds is 5. The van der Waals surface area contributed by atoms with Crippen molar-refractivity contribution in [3.8, 4) is 0 Å². The van der Waals surface area contributed by atoms with E-state index in [4.69, 9.17) is 5.11 Å². The van der Waals surface area contributed by atoms with Crippen molar-refractivity contribution < 1.29 is 14.7 Å². The number of hydrogen-bond donors (Lipinski definition) is 2. The summed E-state index contributed by atoms with van der Waals surface area (Å²) in [5.41, 5.74) is 0. The van der Waals surface area contributed by atoms with Gasteiger partial charge in [-0.25, -0.2) is 9.59 Å². The van der Waals surface area contributed by atoms with Gasteiger partial charge in [0.25, 0.3) is 0 Å². The Bertz CT molecular complexity index is 464. The minimum atomic E-state index is -0.937. The lowest BCUT2D eigenvalue weighted by atomic mass is 10.1. The number of urea groups is 1. The second-order valence-electron chi connectivity index (χ2n) is 4.63. The number of amides is 2. The fourth-order valence-corrected chi connectivity index (χ4v) is 4.10. The fraction of sp³-hybridized carbons (Fsp3) is 0.538. The van der Waals surface area contributed by atoms with E-state index in [0.29, 0.717) is 11.6 Å². The van der Waals surface area contributed by atoms with E-state index in [1.54, 1.807) is 11.3 Å². The number of nitrogens with one attached hydrogen (secondary N) is 1. The van der Waals surface area contributed by atoms with Crippen LogP contribution in [0.1, 0.15) is 30.7 Å². The minimum absolute atomic E-state index is 0.0347. The third-order valence-electron chi connectivity index (χ3n) is 3.19. The van der Waals surface area contributed by atoms with Crippen LogP contribution >= 0.6 is 23.1 Å². The van der Waals surface area contributed by atoms with Crippen LogP contribution in [-0.2, 0) is 4.79 Å². The van der Waals surface area contributed by atoms with E-state index in [1.807, 2.05) is 17.5 Å². The number of nitrogens with zero attached hydrogens (tertiary/aromatic N) is 1. The van der Waals surface area contributed by atoms with E-state index < -0.39 is 12.0 Å². The molecule has 2 unspecified atom stereocenters. The average molecular weight is 314 g/mol. The highest BCUT2D eigenvalue weighted by atomic mass is 32.2. The van der Waals surface area contributed by atoms with Crippen molar-refractivity contribution in [3.05, 3.63) is 22.4 Å². The maximum Gasteiger partial charge on any atom is 0.327 e. The van der Waals surface area contributed by atoms with E-state index in [1.165, 1.54) is 16.7 Å². The van der Waals surface area contributed by atoms with Crippen LogP contribution in [0.3, 0.4) is 0 Å². The molecule has 0 saturated carbocycles. The molecule has 20 heavy (non-hydrogen) atoms. The SMILES string of the molecule is CCCC(NC(=O)N1CSCC1C(=O)O)c1cccs1. The molecular weight excluding hydrogens is 296 g/mol. The molecule has 5 nitrogen and oxygen atoms in total. The Morgan fingerprint density at radius 2 is 2.40 bits per heavy atom. The van der Waals surface area contributed by atoms with Crippen molar-refractivity contribution in [1.82, 2.24) is 10.2 Å². The first-order chi connectivity index (χ1) is 9.63. The normalized spacial score (nSPS) is 19.9. The number of aliphatic carboxylic acids is 1. The molecule has 1 aliphatic rings. The Morgan fingerprint density at radius 3 is 3.00 bits per heavy atom. The van der Waals surface area contributed by atoms with Gasteiger partial charge in [-0.2, -0.15) is 0 Å². The molecule has 0 radical (unpaired) electrons. The van der Waals surface area contributed by atoms with Crippen LogP contribution in [0.25, 0.3) is 0 Å². The molecular formula is C13H18N2O3S2. The van der Waals surface area contributed by atoms with Crippen molar-refractivity contribution in [2.75, 3.05) is 11.6 Å². The quantitative estimate of drug-likeness (QED) is 0.877. The van der Waals surface area contributed by atoms with Crippen molar-refractivity contribution in [3.63, 3.8) is 0 Å². The molecule has 2 atom stereocenters. The van der Waals surface area contributed by atoms with Gasteiger partial charge in [-0.1, -0.05) is 19.4 Å². The fourth-order valence-electron chi connectivity index (χ4n) is 2.14. The van der Waals surface area contributed by atoms with Crippen LogP contribution < -0.4 is 5.32 Å². The van der Waals surface area contributed by atoms with Gasteiger partial charge >= 0.3 is 12.0 Å². The smallest absolute Gasteiger partial charge is 0.327 e. The zero-order valence-electron chi connectivity index (χ0n) is 11.2. The van der Waals surface area contributed by atoms with Crippen LogP contribution in [0, 0.1) is 0 Å². The Labute approximate surface area is 126 Å². The van der Waals surface area contributed by atoms with Gasteiger partial charge in [-0.3, -0.25) is 0 Å². The van der Waals surface area contributed by atoms with Gasteiger partial charge < -0.3 is 15.3 Å². The summed E-state index contributed by atoms with van der Waals surface area (Å²) in [7, 11) is 0. The summed E-state index contributed by atoms with van der Waals surface area (Å²) in [4.78, 5) is 25.9. The molecule has 2 amide bonds. The van der Waals surface area contributed by atoms with Crippen LogP contribution in [0.15, 0.2) is 17.5 Å². The zero-order chi connectivity index (χ0) is 14.5. The highest BCUT2D eigenvalue weighted by molar-refractivity contribution is 7.99. The van der Waals surface area contributed by atoms with E-state index in [2.05, 4.69) is 12.2 Å². The molecule has 1 aromatic rings. The summed E-state index contributed by atoms with van der Waals surface area (Å²) in [5.74, 6) is -0.0416. The van der Waals surface area contributed by atoms with Crippen LogP contribution in [-0.4, -0.2) is 39.7 Å². The number of carbonyl (C=O) groups is 2. The molecule has 7 heteroatoms. The van der Waals surface area contributed by atoms with E-state index in [9.17, 15) is 9.59 Å². The second kappa shape index (κ2) is 6.99. The number of carboxylic acids is 1. The molecule has 1 saturated heterocycles. The number of thiophene rings is 1. The standard InChI is InChI=1S/C13H18N2O3S2/c1-2-4-9(11-5-3-6-20-11)14-13(18)15-8-19-7-10(15)12(16)17/h3,5-6,9-10H,2,4,7-8H2,1H3,(H,14,18)(H,16,17). The maximum atomic E-state index is 12.3. The summed E-state index contributed by atoms with van der Waals surface area (Å²) in [5, 5.41) is 14.1. The summed E-state index contributed by atoms with van der Waals surface area (Å²) < 4.78 is 0. The van der Waals surface area contributed by atoms with Crippen molar-refractivity contribution in [2.45, 2.75) is 31.8 Å². The van der Waals surface area contributed by atoms with Gasteiger partial charge in [0.15, 0.2) is 0 Å². The van der Waals surface area contributed by atoms with E-state index >= 15 is 0 Å². The number of hydrogen-bond acceptors (Lipinski definition) is 4. The van der Waals surface area contributed by atoms with Gasteiger partial charge in [0.1, 0.15) is 6.04 Å². The largest absolute Gasteiger partial charge is 0.480 e. The molecule has 0 aromatic carbocycles. The molecule has 1 aromatic heterocycles. The Hall–Kier alpha value is -1.21. The summed E-state index contributed by atoms with van der Waals surface area (Å²) >= 11 is 3.08. The van der Waals surface area contributed by atoms with Gasteiger partial charge in [-0.05, 0) is 17.9 Å². The molecule has 2 N–H and O–H groups in total. The van der Waals surface area contributed by atoms with Gasteiger partial charge in [0, 0.05) is 10.6 Å². The molecule has 110 valence electrons. The lowest BCUT2D eigenvalue weighted by Gasteiger charge is -2.24. The first kappa shape index (κ1) is 15.2. The third-order valence-corrected chi connectivity index (χ3v) is 5.19. The molecule has 0 aliphatic carbocycles.